The van der Waals surface area contributed by atoms with Crippen LogP contribution >= 0.6 is 11.3 Å². The molecule has 0 unspecified atom stereocenters. The summed E-state index contributed by atoms with van der Waals surface area (Å²) in [6.07, 6.45) is 7.16. The predicted octanol–water partition coefficient (Wildman–Crippen LogP) is 2.77. The maximum atomic E-state index is 12.5. The average Bonchev–Trinajstić information content (AvgIpc) is 2.99. The van der Waals surface area contributed by atoms with Gasteiger partial charge in [0.15, 0.2) is 0 Å². The van der Waals surface area contributed by atoms with E-state index in [0.29, 0.717) is 12.1 Å². The summed E-state index contributed by atoms with van der Waals surface area (Å²) in [6.45, 7) is 4.43. The molecule has 1 aliphatic rings. The number of aromatic nitrogens is 2. The van der Waals surface area contributed by atoms with Crippen molar-refractivity contribution in [3.8, 4) is 0 Å². The lowest BCUT2D eigenvalue weighted by atomic mass is 10.1. The number of anilines is 1. The van der Waals surface area contributed by atoms with Crippen LogP contribution in [0, 0.1) is 6.92 Å². The molecule has 1 amide bonds. The first-order chi connectivity index (χ1) is 10.7. The molecule has 0 aromatic carbocycles. The standard InChI is InChI=1S/C16H20N4OS/c1-12-18-10-13(22-12)11-19-16(21)14-6-5-7-17-15(14)20-8-3-2-4-9-20/h5-7,10H,2-4,8-9,11H2,1H3,(H,19,21). The Labute approximate surface area is 134 Å². The predicted molar refractivity (Wildman–Crippen MR) is 88.3 cm³/mol. The van der Waals surface area contributed by atoms with Gasteiger partial charge in [-0.2, -0.15) is 0 Å². The maximum Gasteiger partial charge on any atom is 0.255 e. The zero-order valence-electron chi connectivity index (χ0n) is 12.7. The lowest BCUT2D eigenvalue weighted by Gasteiger charge is -2.29. The van der Waals surface area contributed by atoms with Crippen molar-refractivity contribution in [1.29, 1.82) is 0 Å². The van der Waals surface area contributed by atoms with Crippen molar-refractivity contribution in [2.75, 3.05) is 18.0 Å². The summed E-state index contributed by atoms with van der Waals surface area (Å²) in [7, 11) is 0. The van der Waals surface area contributed by atoms with Crippen molar-refractivity contribution in [3.05, 3.63) is 40.0 Å². The van der Waals surface area contributed by atoms with E-state index in [9.17, 15) is 4.79 Å². The van der Waals surface area contributed by atoms with E-state index >= 15 is 0 Å². The van der Waals surface area contributed by atoms with E-state index in [-0.39, 0.29) is 5.91 Å². The zero-order chi connectivity index (χ0) is 15.4. The van der Waals surface area contributed by atoms with Crippen molar-refractivity contribution in [2.45, 2.75) is 32.7 Å². The van der Waals surface area contributed by atoms with Crippen LogP contribution in [-0.2, 0) is 6.54 Å². The highest BCUT2D eigenvalue weighted by molar-refractivity contribution is 7.11. The molecule has 1 fully saturated rings. The summed E-state index contributed by atoms with van der Waals surface area (Å²) < 4.78 is 0. The number of carbonyl (C=O) groups is 1. The molecule has 3 heterocycles. The summed E-state index contributed by atoms with van der Waals surface area (Å²) in [5.41, 5.74) is 0.658. The SMILES string of the molecule is Cc1ncc(CNC(=O)c2cccnc2N2CCCCC2)s1. The number of carbonyl (C=O) groups excluding carboxylic acids is 1. The number of amides is 1. The molecule has 0 saturated carbocycles. The number of rotatable bonds is 4. The molecule has 2 aromatic rings. The largest absolute Gasteiger partial charge is 0.356 e. The van der Waals surface area contributed by atoms with Crippen LogP contribution in [0.4, 0.5) is 5.82 Å². The fourth-order valence-corrected chi connectivity index (χ4v) is 3.42. The summed E-state index contributed by atoms with van der Waals surface area (Å²) in [5, 5.41) is 3.99. The van der Waals surface area contributed by atoms with Crippen LogP contribution in [0.5, 0.6) is 0 Å². The molecule has 3 rings (SSSR count). The zero-order valence-corrected chi connectivity index (χ0v) is 13.5. The second kappa shape index (κ2) is 6.87. The molecule has 0 bridgehead atoms. The third-order valence-corrected chi connectivity index (χ3v) is 4.69. The third-order valence-electron chi connectivity index (χ3n) is 3.78. The molecule has 6 heteroatoms. The van der Waals surface area contributed by atoms with E-state index in [1.807, 2.05) is 25.3 Å². The van der Waals surface area contributed by atoms with E-state index in [4.69, 9.17) is 0 Å². The normalized spacial score (nSPS) is 14.9. The lowest BCUT2D eigenvalue weighted by Crippen LogP contribution is -2.33. The smallest absolute Gasteiger partial charge is 0.255 e. The number of hydrogen-bond donors (Lipinski definition) is 1. The molecule has 2 aromatic heterocycles. The monoisotopic (exact) mass is 316 g/mol. The Morgan fingerprint density at radius 1 is 1.32 bits per heavy atom. The molecule has 5 nitrogen and oxygen atoms in total. The minimum atomic E-state index is -0.0697. The van der Waals surface area contributed by atoms with Crippen molar-refractivity contribution in [3.63, 3.8) is 0 Å². The average molecular weight is 316 g/mol. The number of nitrogens with one attached hydrogen (secondary N) is 1. The molecular weight excluding hydrogens is 296 g/mol. The molecule has 0 atom stereocenters. The first kappa shape index (κ1) is 15.0. The molecule has 0 aliphatic carbocycles. The van der Waals surface area contributed by atoms with Crippen molar-refractivity contribution in [1.82, 2.24) is 15.3 Å². The second-order valence-corrected chi connectivity index (χ2v) is 6.77. The first-order valence-electron chi connectivity index (χ1n) is 7.63. The maximum absolute atomic E-state index is 12.5. The Morgan fingerprint density at radius 2 is 2.14 bits per heavy atom. The Kier molecular flexibility index (Phi) is 4.68. The fraction of sp³-hybridized carbons (Fsp3) is 0.438. The van der Waals surface area contributed by atoms with Crippen molar-refractivity contribution < 1.29 is 4.79 Å². The highest BCUT2D eigenvalue weighted by Crippen LogP contribution is 2.21. The van der Waals surface area contributed by atoms with Gasteiger partial charge in [0.2, 0.25) is 0 Å². The minimum absolute atomic E-state index is 0.0697. The Morgan fingerprint density at radius 3 is 2.86 bits per heavy atom. The van der Waals surface area contributed by atoms with Gasteiger partial charge in [-0.1, -0.05) is 0 Å². The lowest BCUT2D eigenvalue weighted by molar-refractivity contribution is 0.0951. The van der Waals surface area contributed by atoms with Gasteiger partial charge in [0.25, 0.3) is 5.91 Å². The van der Waals surface area contributed by atoms with Gasteiger partial charge < -0.3 is 10.2 Å². The number of piperidine rings is 1. The van der Waals surface area contributed by atoms with Crippen LogP contribution in [0.1, 0.15) is 39.5 Å². The van der Waals surface area contributed by atoms with Crippen molar-refractivity contribution >= 4 is 23.1 Å². The molecule has 0 radical (unpaired) electrons. The van der Waals surface area contributed by atoms with Gasteiger partial charge in [-0.25, -0.2) is 9.97 Å². The quantitative estimate of drug-likeness (QED) is 0.942. The molecular formula is C16H20N4OS. The Balaban J connectivity index is 1.71. The van der Waals surface area contributed by atoms with Crippen LogP contribution in [-0.4, -0.2) is 29.0 Å². The van der Waals surface area contributed by atoms with Crippen LogP contribution in [0.15, 0.2) is 24.5 Å². The van der Waals surface area contributed by atoms with E-state index in [0.717, 1.165) is 41.6 Å². The van der Waals surface area contributed by atoms with Gasteiger partial charge in [0.1, 0.15) is 5.82 Å². The highest BCUT2D eigenvalue weighted by atomic mass is 32.1. The topological polar surface area (TPSA) is 58.1 Å². The van der Waals surface area contributed by atoms with Crippen LogP contribution in [0.3, 0.4) is 0 Å². The first-order valence-corrected chi connectivity index (χ1v) is 8.45. The van der Waals surface area contributed by atoms with Crippen molar-refractivity contribution in [2.24, 2.45) is 0 Å². The summed E-state index contributed by atoms with van der Waals surface area (Å²) in [4.78, 5) is 24.4. The Bertz CT molecular complexity index is 649. The van der Waals surface area contributed by atoms with E-state index < -0.39 is 0 Å². The van der Waals surface area contributed by atoms with Gasteiger partial charge in [-0.3, -0.25) is 4.79 Å². The highest BCUT2D eigenvalue weighted by Gasteiger charge is 2.19. The molecule has 1 N–H and O–H groups in total. The molecule has 1 saturated heterocycles. The molecule has 1 aliphatic heterocycles. The number of aryl methyl sites for hydroxylation is 1. The summed E-state index contributed by atoms with van der Waals surface area (Å²) in [6, 6.07) is 3.67. The van der Waals surface area contributed by atoms with E-state index in [1.165, 1.54) is 6.42 Å². The van der Waals surface area contributed by atoms with Crippen LogP contribution in [0.25, 0.3) is 0 Å². The Hall–Kier alpha value is -1.95. The number of pyridine rings is 1. The van der Waals surface area contributed by atoms with Crippen LogP contribution in [0.2, 0.25) is 0 Å². The van der Waals surface area contributed by atoms with E-state index in [2.05, 4.69) is 20.2 Å². The molecule has 0 spiro atoms. The van der Waals surface area contributed by atoms with Gasteiger partial charge in [0.05, 0.1) is 17.1 Å². The van der Waals surface area contributed by atoms with Gasteiger partial charge in [-0.05, 0) is 38.3 Å². The van der Waals surface area contributed by atoms with Gasteiger partial charge in [-0.15, -0.1) is 11.3 Å². The van der Waals surface area contributed by atoms with E-state index in [1.54, 1.807) is 17.5 Å². The summed E-state index contributed by atoms with van der Waals surface area (Å²) in [5.74, 6) is 0.736. The van der Waals surface area contributed by atoms with Crippen LogP contribution < -0.4 is 10.2 Å². The fourth-order valence-electron chi connectivity index (χ4n) is 2.68. The van der Waals surface area contributed by atoms with Gasteiger partial charge >= 0.3 is 0 Å². The molecule has 116 valence electrons. The number of nitrogens with zero attached hydrogens (tertiary/aromatic N) is 3. The third kappa shape index (κ3) is 3.44. The summed E-state index contributed by atoms with van der Waals surface area (Å²) >= 11 is 1.61. The second-order valence-electron chi connectivity index (χ2n) is 5.45. The minimum Gasteiger partial charge on any atom is -0.356 e. The molecule has 22 heavy (non-hydrogen) atoms. The number of hydrogen-bond acceptors (Lipinski definition) is 5. The van der Waals surface area contributed by atoms with Gasteiger partial charge in [0, 0.05) is 30.4 Å². The number of thiazole rings is 1.